The second-order valence-electron chi connectivity index (χ2n) is 3.17. The minimum Gasteiger partial charge on any atom is -0.395 e. The molecule has 0 aliphatic heterocycles. The second-order valence-corrected chi connectivity index (χ2v) is 6.35. The summed E-state index contributed by atoms with van der Waals surface area (Å²) in [5.41, 5.74) is 3.20. The lowest BCUT2D eigenvalue weighted by molar-refractivity contribution is 0.264. The third-order valence-electron chi connectivity index (χ3n) is 2.19. The van der Waals surface area contributed by atoms with Gasteiger partial charge in [-0.3, -0.25) is 0 Å². The Hall–Kier alpha value is -0.903. The van der Waals surface area contributed by atoms with Crippen LogP contribution in [0.3, 0.4) is 0 Å². The number of hydrogen-bond acceptors (Lipinski definition) is 2. The van der Waals surface area contributed by atoms with E-state index in [0.29, 0.717) is 0 Å². The van der Waals surface area contributed by atoms with Gasteiger partial charge in [-0.2, -0.15) is 0 Å². The van der Waals surface area contributed by atoms with E-state index in [0.717, 1.165) is 0 Å². The molecule has 0 atom stereocenters. The van der Waals surface area contributed by atoms with Crippen LogP contribution in [0, 0.1) is 0 Å². The van der Waals surface area contributed by atoms with Crippen LogP contribution >= 0.6 is 0 Å². The summed E-state index contributed by atoms with van der Waals surface area (Å²) < 4.78 is 10.7. The zero-order valence-corrected chi connectivity index (χ0v) is 9.86. The lowest BCUT2D eigenvalue weighted by Crippen LogP contribution is -2.33. The summed E-state index contributed by atoms with van der Waals surface area (Å²) in [7, 11) is 1.31. The van der Waals surface area contributed by atoms with Crippen LogP contribution in [0.15, 0.2) is 36.0 Å². The predicted octanol–water partition coefficient (Wildman–Crippen LogP) is 2.60. The smallest absolute Gasteiger partial charge is 0.361 e. The van der Waals surface area contributed by atoms with Crippen molar-refractivity contribution in [1.82, 2.24) is 0 Å². The van der Waals surface area contributed by atoms with Gasteiger partial charge in [0.1, 0.15) is 0 Å². The molecule has 1 aromatic carbocycles. The van der Waals surface area contributed by atoms with Gasteiger partial charge < -0.3 is 8.85 Å². The van der Waals surface area contributed by atoms with Crippen molar-refractivity contribution in [2.75, 3.05) is 14.2 Å². The van der Waals surface area contributed by atoms with Gasteiger partial charge in [0.05, 0.1) is 0 Å². The van der Waals surface area contributed by atoms with Crippen LogP contribution in [-0.4, -0.2) is 22.8 Å². The van der Waals surface area contributed by atoms with Gasteiger partial charge in [-0.15, -0.1) is 0 Å². The molecule has 0 saturated carbocycles. The van der Waals surface area contributed by atoms with Crippen molar-refractivity contribution >= 4 is 14.6 Å². The topological polar surface area (TPSA) is 18.5 Å². The molecule has 2 nitrogen and oxygen atoms in total. The van der Waals surface area contributed by atoms with Crippen molar-refractivity contribution in [3.63, 3.8) is 0 Å². The molecule has 0 spiro atoms. The van der Waals surface area contributed by atoms with Gasteiger partial charge in [0.2, 0.25) is 0 Å². The van der Waals surface area contributed by atoms with Gasteiger partial charge >= 0.3 is 8.56 Å². The van der Waals surface area contributed by atoms with Gasteiger partial charge in [-0.05, 0) is 17.8 Å². The van der Waals surface area contributed by atoms with E-state index in [1.807, 2.05) is 36.5 Å². The Labute approximate surface area is 86.4 Å². The van der Waals surface area contributed by atoms with Gasteiger partial charge in [-0.25, -0.2) is 0 Å². The van der Waals surface area contributed by atoms with Crippen molar-refractivity contribution in [1.29, 1.82) is 0 Å². The van der Waals surface area contributed by atoms with Crippen LogP contribution in [0.2, 0.25) is 6.55 Å². The Morgan fingerprint density at radius 1 is 1.07 bits per heavy atom. The number of rotatable bonds is 4. The van der Waals surface area contributed by atoms with Crippen LogP contribution in [0.25, 0.3) is 6.08 Å². The summed E-state index contributed by atoms with van der Waals surface area (Å²) in [4.78, 5) is 0. The Morgan fingerprint density at radius 2 is 1.64 bits per heavy atom. The molecule has 1 aromatic rings. The zero-order chi connectivity index (χ0) is 10.4. The monoisotopic (exact) mass is 208 g/mol. The molecule has 0 aliphatic rings. The van der Waals surface area contributed by atoms with E-state index >= 15 is 0 Å². The molecule has 0 bridgehead atoms. The molecule has 0 unspecified atom stereocenters. The van der Waals surface area contributed by atoms with Crippen molar-refractivity contribution in [3.05, 3.63) is 41.6 Å². The Balaban J connectivity index is 2.72. The molecule has 0 saturated heterocycles. The number of benzene rings is 1. The molecule has 0 heterocycles. The van der Waals surface area contributed by atoms with Gasteiger partial charge in [0.15, 0.2) is 0 Å². The van der Waals surface area contributed by atoms with E-state index in [2.05, 4.69) is 12.1 Å². The number of hydrogen-bond donors (Lipinski definition) is 0. The van der Waals surface area contributed by atoms with Gasteiger partial charge in [0, 0.05) is 14.2 Å². The van der Waals surface area contributed by atoms with Crippen LogP contribution in [0.1, 0.15) is 5.56 Å². The molecule has 0 fully saturated rings. The minimum atomic E-state index is -2.06. The van der Waals surface area contributed by atoms with Crippen molar-refractivity contribution < 1.29 is 8.85 Å². The fraction of sp³-hybridized carbons (Fsp3) is 0.273. The highest BCUT2D eigenvalue weighted by molar-refractivity contribution is 6.71. The first-order valence-corrected chi connectivity index (χ1v) is 6.94. The highest BCUT2D eigenvalue weighted by Gasteiger charge is 2.24. The van der Waals surface area contributed by atoms with Crippen molar-refractivity contribution in [2.24, 2.45) is 0 Å². The molecule has 0 N–H and O–H groups in total. The third-order valence-corrected chi connectivity index (χ3v) is 4.58. The van der Waals surface area contributed by atoms with Crippen molar-refractivity contribution in [2.45, 2.75) is 6.55 Å². The summed E-state index contributed by atoms with van der Waals surface area (Å²) in [5, 5.41) is 0. The SMILES string of the molecule is CO[Si](C)(C=Cc1ccccc1)OC. The maximum absolute atomic E-state index is 5.34. The van der Waals surface area contributed by atoms with Crippen LogP contribution in [-0.2, 0) is 8.85 Å². The summed E-state index contributed by atoms with van der Waals surface area (Å²) in [6.07, 6.45) is 2.04. The molecule has 0 radical (unpaired) electrons. The first-order chi connectivity index (χ1) is 6.70. The summed E-state index contributed by atoms with van der Waals surface area (Å²) in [6, 6.07) is 10.1. The third kappa shape index (κ3) is 3.10. The molecule has 3 heteroatoms. The van der Waals surface area contributed by atoms with Crippen LogP contribution in [0.5, 0.6) is 0 Å². The second kappa shape index (κ2) is 5.10. The van der Waals surface area contributed by atoms with E-state index < -0.39 is 8.56 Å². The highest BCUT2D eigenvalue weighted by atomic mass is 28.4. The highest BCUT2D eigenvalue weighted by Crippen LogP contribution is 2.09. The fourth-order valence-electron chi connectivity index (χ4n) is 1.03. The molecule has 76 valence electrons. The average Bonchev–Trinajstić information content (AvgIpc) is 2.27. The zero-order valence-electron chi connectivity index (χ0n) is 8.86. The molecule has 14 heavy (non-hydrogen) atoms. The molecule has 1 rings (SSSR count). The summed E-state index contributed by atoms with van der Waals surface area (Å²) >= 11 is 0. The average molecular weight is 208 g/mol. The van der Waals surface area contributed by atoms with Gasteiger partial charge in [-0.1, -0.05) is 36.4 Å². The van der Waals surface area contributed by atoms with E-state index in [1.54, 1.807) is 14.2 Å². The largest absolute Gasteiger partial charge is 0.395 e. The Bertz CT molecular complexity index is 291. The van der Waals surface area contributed by atoms with E-state index in [9.17, 15) is 0 Å². The lowest BCUT2D eigenvalue weighted by atomic mass is 10.2. The summed E-state index contributed by atoms with van der Waals surface area (Å²) in [6.45, 7) is 2.01. The van der Waals surface area contributed by atoms with E-state index in [-0.39, 0.29) is 0 Å². The first-order valence-electron chi connectivity index (χ1n) is 4.55. The first kappa shape index (κ1) is 11.2. The molecule has 0 aliphatic carbocycles. The van der Waals surface area contributed by atoms with Crippen LogP contribution < -0.4 is 0 Å². The standard InChI is InChI=1S/C11H16O2Si/c1-12-14(3,13-2)10-9-11-7-5-4-6-8-11/h4-10H,1-3H3. The van der Waals surface area contributed by atoms with Gasteiger partial charge in [0.25, 0.3) is 0 Å². The van der Waals surface area contributed by atoms with Crippen molar-refractivity contribution in [3.8, 4) is 0 Å². The summed E-state index contributed by atoms with van der Waals surface area (Å²) in [5.74, 6) is 0. The van der Waals surface area contributed by atoms with Crippen LogP contribution in [0.4, 0.5) is 0 Å². The fourth-order valence-corrected chi connectivity index (χ4v) is 1.97. The van der Waals surface area contributed by atoms with E-state index in [4.69, 9.17) is 8.85 Å². The molecule has 0 aromatic heterocycles. The quantitative estimate of drug-likeness (QED) is 0.708. The molecular formula is C11H16O2Si. The Morgan fingerprint density at radius 3 is 2.14 bits per heavy atom. The lowest BCUT2D eigenvalue weighted by Gasteiger charge is -2.17. The maximum Gasteiger partial charge on any atom is 0.361 e. The Kier molecular flexibility index (Phi) is 4.07. The minimum absolute atomic E-state index is 1.17. The normalized spacial score (nSPS) is 12.2. The molecule has 0 amide bonds. The predicted molar refractivity (Wildman–Crippen MR) is 61.1 cm³/mol. The molecular weight excluding hydrogens is 192 g/mol. The van der Waals surface area contributed by atoms with E-state index in [1.165, 1.54) is 5.56 Å². The maximum atomic E-state index is 5.34.